The largest absolute Gasteiger partial charge is 0.416 e. The molecule has 29 heavy (non-hydrogen) atoms. The van der Waals surface area contributed by atoms with Crippen molar-refractivity contribution in [2.45, 2.75) is 18.7 Å². The summed E-state index contributed by atoms with van der Waals surface area (Å²) in [4.78, 5) is 0. The van der Waals surface area contributed by atoms with Crippen LogP contribution in [0.25, 0.3) is 11.1 Å². The Morgan fingerprint density at radius 3 is 2.28 bits per heavy atom. The van der Waals surface area contributed by atoms with Gasteiger partial charge in [0.2, 0.25) is 0 Å². The summed E-state index contributed by atoms with van der Waals surface area (Å²) in [5, 5.41) is 13.6. The molecule has 0 aromatic heterocycles. The van der Waals surface area contributed by atoms with Gasteiger partial charge in [-0.15, -0.1) is 0 Å². The molecular formula is C23H21ClF3NO. The zero-order chi connectivity index (χ0) is 20.9. The molecule has 2 N–H and O–H groups in total. The first-order valence-electron chi connectivity index (χ1n) is 9.24. The molecule has 0 saturated heterocycles. The molecule has 0 aliphatic heterocycles. The fraction of sp³-hybridized carbons (Fsp3) is 0.217. The third-order valence-electron chi connectivity index (χ3n) is 4.67. The topological polar surface area (TPSA) is 32.3 Å². The number of alkyl halides is 3. The predicted molar refractivity (Wildman–Crippen MR) is 110 cm³/mol. The first-order valence-corrected chi connectivity index (χ1v) is 9.62. The molecule has 3 aromatic carbocycles. The van der Waals surface area contributed by atoms with Crippen LogP contribution < -0.4 is 5.32 Å². The minimum Gasteiger partial charge on any atom is -0.387 e. The van der Waals surface area contributed by atoms with E-state index in [4.69, 9.17) is 11.6 Å². The van der Waals surface area contributed by atoms with Gasteiger partial charge >= 0.3 is 6.18 Å². The number of rotatable bonds is 7. The molecule has 3 aromatic rings. The SMILES string of the molecule is OC(CNCCc1ccc(-c2cc(C(F)(F)F)ccc2Cl)cc1)c1ccccc1. The summed E-state index contributed by atoms with van der Waals surface area (Å²) in [6.07, 6.45) is -4.24. The average Bonchev–Trinajstić information content (AvgIpc) is 2.72. The van der Waals surface area contributed by atoms with Crippen molar-refractivity contribution >= 4 is 11.6 Å². The Bertz CT molecular complexity index is 927. The summed E-state index contributed by atoms with van der Waals surface area (Å²) in [5.74, 6) is 0. The van der Waals surface area contributed by atoms with Crippen molar-refractivity contribution in [3.05, 3.63) is 94.5 Å². The first kappa shape index (κ1) is 21.4. The van der Waals surface area contributed by atoms with Gasteiger partial charge in [-0.3, -0.25) is 0 Å². The van der Waals surface area contributed by atoms with E-state index in [9.17, 15) is 18.3 Å². The van der Waals surface area contributed by atoms with Crippen molar-refractivity contribution in [2.24, 2.45) is 0 Å². The van der Waals surface area contributed by atoms with E-state index in [0.717, 1.165) is 29.7 Å². The molecule has 0 bridgehead atoms. The van der Waals surface area contributed by atoms with E-state index >= 15 is 0 Å². The highest BCUT2D eigenvalue weighted by atomic mass is 35.5. The van der Waals surface area contributed by atoms with Crippen molar-refractivity contribution in [3.8, 4) is 11.1 Å². The quantitative estimate of drug-likeness (QED) is 0.468. The molecule has 0 saturated carbocycles. The van der Waals surface area contributed by atoms with Gasteiger partial charge < -0.3 is 10.4 Å². The van der Waals surface area contributed by atoms with Gasteiger partial charge in [-0.1, -0.05) is 66.2 Å². The third-order valence-corrected chi connectivity index (χ3v) is 5.00. The molecule has 1 atom stereocenters. The fourth-order valence-electron chi connectivity index (χ4n) is 3.04. The molecule has 0 fully saturated rings. The maximum Gasteiger partial charge on any atom is 0.416 e. The van der Waals surface area contributed by atoms with Gasteiger partial charge in [0, 0.05) is 17.1 Å². The van der Waals surface area contributed by atoms with Crippen LogP contribution in [0.1, 0.15) is 22.8 Å². The van der Waals surface area contributed by atoms with Crippen molar-refractivity contribution in [1.29, 1.82) is 0 Å². The smallest absolute Gasteiger partial charge is 0.387 e. The van der Waals surface area contributed by atoms with Crippen LogP contribution in [0.15, 0.2) is 72.8 Å². The van der Waals surface area contributed by atoms with Crippen LogP contribution in [-0.4, -0.2) is 18.2 Å². The van der Waals surface area contributed by atoms with E-state index < -0.39 is 17.8 Å². The second-order valence-corrected chi connectivity index (χ2v) is 7.18. The summed E-state index contributed by atoms with van der Waals surface area (Å²) in [7, 11) is 0. The van der Waals surface area contributed by atoms with Crippen molar-refractivity contribution < 1.29 is 18.3 Å². The maximum atomic E-state index is 12.9. The minimum absolute atomic E-state index is 0.280. The van der Waals surface area contributed by atoms with E-state index in [2.05, 4.69) is 5.32 Å². The lowest BCUT2D eigenvalue weighted by atomic mass is 10.0. The van der Waals surface area contributed by atoms with Gasteiger partial charge in [0.1, 0.15) is 0 Å². The summed E-state index contributed by atoms with van der Waals surface area (Å²) >= 11 is 6.10. The van der Waals surface area contributed by atoms with E-state index in [0.29, 0.717) is 24.2 Å². The third kappa shape index (κ3) is 5.82. The molecule has 3 rings (SSSR count). The monoisotopic (exact) mass is 419 g/mol. The van der Waals surface area contributed by atoms with E-state index in [1.54, 1.807) is 12.1 Å². The highest BCUT2D eigenvalue weighted by Crippen LogP contribution is 2.35. The van der Waals surface area contributed by atoms with Crippen LogP contribution in [0.5, 0.6) is 0 Å². The van der Waals surface area contributed by atoms with Crippen LogP contribution in [0.2, 0.25) is 5.02 Å². The highest BCUT2D eigenvalue weighted by Gasteiger charge is 2.31. The van der Waals surface area contributed by atoms with Crippen molar-refractivity contribution in [2.75, 3.05) is 13.1 Å². The number of halogens is 4. The normalized spacial score (nSPS) is 12.7. The maximum absolute atomic E-state index is 12.9. The highest BCUT2D eigenvalue weighted by molar-refractivity contribution is 6.33. The average molecular weight is 420 g/mol. The Morgan fingerprint density at radius 2 is 1.62 bits per heavy atom. The van der Waals surface area contributed by atoms with Crippen LogP contribution in [0, 0.1) is 0 Å². The lowest BCUT2D eigenvalue weighted by Gasteiger charge is -2.13. The standard InChI is InChI=1S/C23H21ClF3NO/c24-21-11-10-19(23(25,26)27)14-20(21)17-8-6-16(7-9-17)12-13-28-15-22(29)18-4-2-1-3-5-18/h1-11,14,22,28-29H,12-13,15H2. The Balaban J connectivity index is 1.57. The molecule has 0 heterocycles. The summed E-state index contributed by atoms with van der Waals surface area (Å²) in [6.45, 7) is 1.12. The fourth-order valence-corrected chi connectivity index (χ4v) is 3.26. The summed E-state index contributed by atoms with van der Waals surface area (Å²) < 4.78 is 38.8. The number of aliphatic hydroxyl groups is 1. The van der Waals surface area contributed by atoms with Gasteiger partial charge in [-0.05, 0) is 47.9 Å². The Kier molecular flexibility index (Phi) is 6.96. The predicted octanol–water partition coefficient (Wildman–Crippen LogP) is 5.89. The van der Waals surface area contributed by atoms with Gasteiger partial charge in [-0.2, -0.15) is 13.2 Å². The van der Waals surface area contributed by atoms with Crippen molar-refractivity contribution in [3.63, 3.8) is 0 Å². The summed E-state index contributed by atoms with van der Waals surface area (Å²) in [5.41, 5.74) is 2.18. The number of aliphatic hydroxyl groups excluding tert-OH is 1. The first-order chi connectivity index (χ1) is 13.8. The molecule has 0 amide bonds. The number of nitrogens with one attached hydrogen (secondary N) is 1. The molecular weight excluding hydrogens is 399 g/mol. The van der Waals surface area contributed by atoms with Gasteiger partial charge in [0.15, 0.2) is 0 Å². The number of hydrogen-bond acceptors (Lipinski definition) is 2. The lowest BCUT2D eigenvalue weighted by Crippen LogP contribution is -2.23. The van der Waals surface area contributed by atoms with E-state index in [1.807, 2.05) is 42.5 Å². The molecule has 1 unspecified atom stereocenters. The summed E-state index contributed by atoms with van der Waals surface area (Å²) in [6, 6.07) is 20.1. The molecule has 6 heteroatoms. The molecule has 2 nitrogen and oxygen atoms in total. The lowest BCUT2D eigenvalue weighted by molar-refractivity contribution is -0.137. The van der Waals surface area contributed by atoms with Crippen LogP contribution >= 0.6 is 11.6 Å². The molecule has 0 radical (unpaired) electrons. The Hall–Kier alpha value is -2.34. The molecule has 0 aliphatic rings. The van der Waals surface area contributed by atoms with Crippen LogP contribution in [0.4, 0.5) is 13.2 Å². The van der Waals surface area contributed by atoms with Gasteiger partial charge in [-0.25, -0.2) is 0 Å². The van der Waals surface area contributed by atoms with Crippen LogP contribution in [0.3, 0.4) is 0 Å². The number of benzene rings is 3. The molecule has 0 aliphatic carbocycles. The molecule has 0 spiro atoms. The minimum atomic E-state index is -4.41. The second-order valence-electron chi connectivity index (χ2n) is 6.77. The number of hydrogen-bond donors (Lipinski definition) is 2. The Labute approximate surface area is 173 Å². The molecule has 152 valence electrons. The van der Waals surface area contributed by atoms with Crippen molar-refractivity contribution in [1.82, 2.24) is 5.32 Å². The zero-order valence-corrected chi connectivity index (χ0v) is 16.3. The van der Waals surface area contributed by atoms with E-state index in [-0.39, 0.29) is 5.02 Å². The van der Waals surface area contributed by atoms with E-state index in [1.165, 1.54) is 6.07 Å². The van der Waals surface area contributed by atoms with Crippen LogP contribution in [-0.2, 0) is 12.6 Å². The van der Waals surface area contributed by atoms with Gasteiger partial charge in [0.25, 0.3) is 0 Å². The Morgan fingerprint density at radius 1 is 0.931 bits per heavy atom. The second kappa shape index (κ2) is 9.44. The van der Waals surface area contributed by atoms with Gasteiger partial charge in [0.05, 0.1) is 11.7 Å². The zero-order valence-electron chi connectivity index (χ0n) is 15.6.